The highest BCUT2D eigenvalue weighted by atomic mass is 16.6. The number of piperidine rings is 1. The van der Waals surface area contributed by atoms with Crippen LogP contribution in [0.2, 0.25) is 0 Å². The van der Waals surface area contributed by atoms with E-state index < -0.39 is 40.1 Å². The Morgan fingerprint density at radius 2 is 2.05 bits per heavy atom. The van der Waals surface area contributed by atoms with Gasteiger partial charge in [0.1, 0.15) is 6.04 Å². The number of imide groups is 1. The van der Waals surface area contributed by atoms with E-state index in [0.717, 1.165) is 12.1 Å². The maximum atomic E-state index is 12.3. The quantitative estimate of drug-likeness (QED) is 0.451. The van der Waals surface area contributed by atoms with Gasteiger partial charge in [0.15, 0.2) is 5.75 Å². The number of benzene rings is 1. The summed E-state index contributed by atoms with van der Waals surface area (Å²) in [6.45, 7) is 0.0293. The maximum Gasteiger partial charge on any atom is 0.311 e. The van der Waals surface area contributed by atoms with Crippen molar-refractivity contribution in [2.45, 2.75) is 25.4 Å². The minimum atomic E-state index is -0.793. The van der Waals surface area contributed by atoms with Crippen molar-refractivity contribution in [1.29, 1.82) is 0 Å². The highest BCUT2D eigenvalue weighted by molar-refractivity contribution is 6.05. The van der Waals surface area contributed by atoms with Crippen molar-refractivity contribution in [1.82, 2.24) is 10.2 Å². The smallest absolute Gasteiger partial charge is 0.311 e. The first-order chi connectivity index (χ1) is 10.4. The van der Waals surface area contributed by atoms with Crippen LogP contribution in [0.3, 0.4) is 0 Å². The standard InChI is InChI=1S/C13H11N3O6/c17-10-4-7-6(3-9(10)16(21)22)5-15(13(7)20)8-1-2-11(18)14-12(8)19/h3-4,8,17H,1-2,5H2,(H,14,18,19). The number of hydrogen-bond acceptors (Lipinski definition) is 6. The first-order valence-corrected chi connectivity index (χ1v) is 6.53. The molecule has 0 aliphatic carbocycles. The van der Waals surface area contributed by atoms with Crippen LogP contribution in [0.5, 0.6) is 5.75 Å². The van der Waals surface area contributed by atoms with E-state index in [2.05, 4.69) is 5.32 Å². The van der Waals surface area contributed by atoms with Gasteiger partial charge in [-0.15, -0.1) is 0 Å². The number of nitrogens with zero attached hydrogens (tertiary/aromatic N) is 2. The van der Waals surface area contributed by atoms with Crippen LogP contribution in [0.15, 0.2) is 12.1 Å². The van der Waals surface area contributed by atoms with Crippen molar-refractivity contribution in [3.8, 4) is 5.75 Å². The van der Waals surface area contributed by atoms with Crippen LogP contribution in [0.1, 0.15) is 28.8 Å². The number of amides is 3. The first-order valence-electron chi connectivity index (χ1n) is 6.53. The van der Waals surface area contributed by atoms with Crippen molar-refractivity contribution < 1.29 is 24.4 Å². The van der Waals surface area contributed by atoms with Crippen LogP contribution >= 0.6 is 0 Å². The predicted molar refractivity (Wildman–Crippen MR) is 70.8 cm³/mol. The van der Waals surface area contributed by atoms with Gasteiger partial charge in [0.05, 0.1) is 4.92 Å². The molecule has 2 aliphatic rings. The molecule has 1 unspecified atom stereocenters. The second kappa shape index (κ2) is 4.79. The summed E-state index contributed by atoms with van der Waals surface area (Å²) in [4.78, 5) is 46.7. The lowest BCUT2D eigenvalue weighted by Crippen LogP contribution is -2.52. The topological polar surface area (TPSA) is 130 Å². The molecule has 9 heteroatoms. The molecule has 1 aromatic rings. The number of nitro groups is 1. The second-order valence-electron chi connectivity index (χ2n) is 5.16. The van der Waals surface area contributed by atoms with Gasteiger partial charge >= 0.3 is 5.69 Å². The molecule has 1 fully saturated rings. The molecule has 2 heterocycles. The minimum absolute atomic E-state index is 0.0293. The van der Waals surface area contributed by atoms with Gasteiger partial charge in [-0.2, -0.15) is 0 Å². The van der Waals surface area contributed by atoms with Crippen molar-refractivity contribution in [2.24, 2.45) is 0 Å². The number of phenolic OH excluding ortho intramolecular Hbond substituents is 1. The number of hydrogen-bond donors (Lipinski definition) is 2. The van der Waals surface area contributed by atoms with Crippen molar-refractivity contribution in [3.05, 3.63) is 33.4 Å². The number of nitrogens with one attached hydrogen (secondary N) is 1. The zero-order chi connectivity index (χ0) is 16.0. The molecule has 0 aromatic heterocycles. The van der Waals surface area contributed by atoms with E-state index in [1.807, 2.05) is 0 Å². The zero-order valence-corrected chi connectivity index (χ0v) is 11.2. The van der Waals surface area contributed by atoms with Crippen LogP contribution < -0.4 is 5.32 Å². The summed E-state index contributed by atoms with van der Waals surface area (Å²) in [6.07, 6.45) is 0.334. The Kier molecular flexibility index (Phi) is 3.05. The molecule has 2 N–H and O–H groups in total. The molecule has 3 rings (SSSR count). The summed E-state index contributed by atoms with van der Waals surface area (Å²) in [5.41, 5.74) is 0.0173. The van der Waals surface area contributed by atoms with Gasteiger partial charge in [-0.05, 0) is 12.0 Å². The fourth-order valence-electron chi connectivity index (χ4n) is 2.74. The fourth-order valence-corrected chi connectivity index (χ4v) is 2.74. The number of fused-ring (bicyclic) bond motifs is 1. The molecule has 2 aliphatic heterocycles. The van der Waals surface area contributed by atoms with Gasteiger partial charge in [0.25, 0.3) is 5.91 Å². The molecule has 1 atom stereocenters. The molecular formula is C13H11N3O6. The molecule has 114 valence electrons. The van der Waals surface area contributed by atoms with Gasteiger partial charge in [-0.25, -0.2) is 0 Å². The van der Waals surface area contributed by atoms with Crippen molar-refractivity contribution in [2.75, 3.05) is 0 Å². The molecule has 0 saturated carbocycles. The van der Waals surface area contributed by atoms with Gasteiger partial charge in [-0.1, -0.05) is 0 Å². The molecule has 3 amide bonds. The number of nitro benzene ring substituents is 1. The molecular weight excluding hydrogens is 294 g/mol. The van der Waals surface area contributed by atoms with E-state index in [9.17, 15) is 29.6 Å². The van der Waals surface area contributed by atoms with Gasteiger partial charge in [0.2, 0.25) is 11.8 Å². The Bertz CT molecular complexity index is 729. The molecule has 9 nitrogen and oxygen atoms in total. The third-order valence-electron chi connectivity index (χ3n) is 3.82. The van der Waals surface area contributed by atoms with E-state index >= 15 is 0 Å². The Morgan fingerprint density at radius 1 is 1.32 bits per heavy atom. The van der Waals surface area contributed by atoms with Crippen LogP contribution in [-0.4, -0.2) is 38.7 Å². The summed E-state index contributed by atoms with van der Waals surface area (Å²) in [6, 6.07) is 1.38. The summed E-state index contributed by atoms with van der Waals surface area (Å²) in [5.74, 6) is -2.04. The van der Waals surface area contributed by atoms with Gasteiger partial charge < -0.3 is 10.0 Å². The maximum absolute atomic E-state index is 12.3. The van der Waals surface area contributed by atoms with E-state index in [0.29, 0.717) is 5.56 Å². The summed E-state index contributed by atoms with van der Waals surface area (Å²) in [7, 11) is 0. The lowest BCUT2D eigenvalue weighted by molar-refractivity contribution is -0.385. The number of carbonyl (C=O) groups excluding carboxylic acids is 3. The molecule has 0 spiro atoms. The van der Waals surface area contributed by atoms with Crippen LogP contribution in [0.4, 0.5) is 5.69 Å². The monoisotopic (exact) mass is 305 g/mol. The molecule has 22 heavy (non-hydrogen) atoms. The summed E-state index contributed by atoms with van der Waals surface area (Å²) < 4.78 is 0. The average molecular weight is 305 g/mol. The summed E-state index contributed by atoms with van der Waals surface area (Å²) in [5, 5.41) is 22.6. The van der Waals surface area contributed by atoms with E-state index in [4.69, 9.17) is 0 Å². The van der Waals surface area contributed by atoms with E-state index in [1.54, 1.807) is 0 Å². The van der Waals surface area contributed by atoms with Crippen LogP contribution in [-0.2, 0) is 16.1 Å². The zero-order valence-electron chi connectivity index (χ0n) is 11.2. The fraction of sp³-hybridized carbons (Fsp3) is 0.308. The first kappa shape index (κ1) is 14.0. The van der Waals surface area contributed by atoms with E-state index in [-0.39, 0.29) is 24.9 Å². The van der Waals surface area contributed by atoms with Crippen molar-refractivity contribution >= 4 is 23.4 Å². The lowest BCUT2D eigenvalue weighted by Gasteiger charge is -2.29. The van der Waals surface area contributed by atoms with Crippen molar-refractivity contribution in [3.63, 3.8) is 0 Å². The Hall–Kier alpha value is -2.97. The average Bonchev–Trinajstić information content (AvgIpc) is 2.75. The molecule has 0 radical (unpaired) electrons. The number of aromatic hydroxyl groups is 1. The highest BCUT2D eigenvalue weighted by Gasteiger charge is 2.40. The molecule has 0 bridgehead atoms. The lowest BCUT2D eigenvalue weighted by atomic mass is 10.0. The third-order valence-corrected chi connectivity index (χ3v) is 3.82. The van der Waals surface area contributed by atoms with Crippen LogP contribution in [0.25, 0.3) is 0 Å². The van der Waals surface area contributed by atoms with E-state index in [1.165, 1.54) is 4.90 Å². The number of rotatable bonds is 2. The summed E-state index contributed by atoms with van der Waals surface area (Å²) >= 11 is 0. The van der Waals surface area contributed by atoms with Crippen LogP contribution in [0, 0.1) is 10.1 Å². The molecule has 1 aromatic carbocycles. The Morgan fingerprint density at radius 3 is 2.68 bits per heavy atom. The third kappa shape index (κ3) is 2.07. The number of carbonyl (C=O) groups is 3. The predicted octanol–water partition coefficient (Wildman–Crippen LogP) is 0.0614. The Labute approximate surface area is 123 Å². The van der Waals surface area contributed by atoms with Gasteiger partial charge in [0, 0.05) is 30.7 Å². The normalized spacial score (nSPS) is 20.8. The Balaban J connectivity index is 1.93. The number of phenols is 1. The SMILES string of the molecule is O=C1CCC(N2Cc3cc([N+](=O)[O-])c(O)cc3C2=O)C(=O)N1. The largest absolute Gasteiger partial charge is 0.502 e. The molecule has 1 saturated heterocycles. The second-order valence-corrected chi connectivity index (χ2v) is 5.16. The van der Waals surface area contributed by atoms with Gasteiger partial charge in [-0.3, -0.25) is 29.8 Å². The minimum Gasteiger partial charge on any atom is -0.502 e. The highest BCUT2D eigenvalue weighted by Crippen LogP contribution is 2.35.